The van der Waals surface area contributed by atoms with Crippen LogP contribution in [-0.4, -0.2) is 22.9 Å². The minimum atomic E-state index is -0.108. The molecule has 0 unspecified atom stereocenters. The van der Waals surface area contributed by atoms with Crippen LogP contribution in [0, 0.1) is 0 Å². The zero-order valence-corrected chi connectivity index (χ0v) is 9.55. The van der Waals surface area contributed by atoms with E-state index in [1.54, 1.807) is 0 Å². The summed E-state index contributed by atoms with van der Waals surface area (Å²) in [6.07, 6.45) is 2.86. The van der Waals surface area contributed by atoms with Crippen LogP contribution in [0.4, 0.5) is 0 Å². The topological polar surface area (TPSA) is 20.3 Å². The largest absolute Gasteiger partial charge is 0.329 e. The number of hydrogen-bond acceptors (Lipinski definition) is 1. The molecule has 1 rings (SSSR count). The van der Waals surface area contributed by atoms with Gasteiger partial charge in [0, 0.05) is 17.7 Å². The molecule has 78 valence electrons. The lowest BCUT2D eigenvalue weighted by Crippen LogP contribution is -2.42. The molecule has 14 heavy (non-hydrogen) atoms. The van der Waals surface area contributed by atoms with Crippen molar-refractivity contribution in [2.24, 2.45) is 0 Å². The monoisotopic (exact) mass is 193 g/mol. The fraction of sp³-hybridized carbons (Fsp3) is 0.583. The standard InChI is InChI=1S/C12H19NO/c1-6-7-10-9(2)8-13(11(10)14)12(3,4)5/h7H,2,6,8H2,1,3-5H3/b10-7+. The second kappa shape index (κ2) is 3.60. The first-order valence-corrected chi connectivity index (χ1v) is 5.08. The molecule has 0 aromatic heterocycles. The molecule has 0 bridgehead atoms. The van der Waals surface area contributed by atoms with Gasteiger partial charge in [-0.3, -0.25) is 4.79 Å². The number of likely N-dealkylation sites (tertiary alicyclic amines) is 1. The van der Waals surface area contributed by atoms with Crippen molar-refractivity contribution in [1.29, 1.82) is 0 Å². The molecule has 1 heterocycles. The Kier molecular flexibility index (Phi) is 2.84. The minimum absolute atomic E-state index is 0.108. The van der Waals surface area contributed by atoms with Gasteiger partial charge in [0.05, 0.1) is 0 Å². The molecule has 1 aliphatic rings. The lowest BCUT2D eigenvalue weighted by atomic mass is 10.1. The van der Waals surface area contributed by atoms with Gasteiger partial charge in [-0.15, -0.1) is 0 Å². The summed E-state index contributed by atoms with van der Waals surface area (Å²) in [5.74, 6) is 0.129. The van der Waals surface area contributed by atoms with Gasteiger partial charge in [-0.2, -0.15) is 0 Å². The lowest BCUT2D eigenvalue weighted by Gasteiger charge is -2.31. The lowest BCUT2D eigenvalue weighted by molar-refractivity contribution is -0.128. The van der Waals surface area contributed by atoms with Crippen LogP contribution >= 0.6 is 0 Å². The van der Waals surface area contributed by atoms with Gasteiger partial charge in [0.1, 0.15) is 0 Å². The average molecular weight is 193 g/mol. The zero-order valence-electron chi connectivity index (χ0n) is 9.55. The molecular weight excluding hydrogens is 174 g/mol. The molecule has 1 fully saturated rings. The molecule has 0 atom stereocenters. The SMILES string of the molecule is C=C1CN(C(C)(C)C)C(=O)/C1=C/CC. The Morgan fingerprint density at radius 3 is 2.43 bits per heavy atom. The zero-order chi connectivity index (χ0) is 10.9. The Bertz CT molecular complexity index is 294. The highest BCUT2D eigenvalue weighted by molar-refractivity contribution is 6.01. The van der Waals surface area contributed by atoms with Gasteiger partial charge >= 0.3 is 0 Å². The molecule has 1 amide bonds. The molecule has 0 aliphatic carbocycles. The quantitative estimate of drug-likeness (QED) is 0.586. The first kappa shape index (κ1) is 11.0. The summed E-state index contributed by atoms with van der Waals surface area (Å²) < 4.78 is 0. The smallest absolute Gasteiger partial charge is 0.254 e. The maximum Gasteiger partial charge on any atom is 0.254 e. The Hall–Kier alpha value is -1.05. The normalized spacial score (nSPS) is 21.1. The Morgan fingerprint density at radius 2 is 2.07 bits per heavy atom. The van der Waals surface area contributed by atoms with Crippen molar-refractivity contribution in [3.63, 3.8) is 0 Å². The summed E-state index contributed by atoms with van der Waals surface area (Å²) in [7, 11) is 0. The van der Waals surface area contributed by atoms with Crippen molar-refractivity contribution < 1.29 is 4.79 Å². The number of amides is 1. The highest BCUT2D eigenvalue weighted by Crippen LogP contribution is 2.28. The molecule has 0 N–H and O–H groups in total. The van der Waals surface area contributed by atoms with E-state index < -0.39 is 0 Å². The first-order chi connectivity index (χ1) is 6.38. The van der Waals surface area contributed by atoms with E-state index >= 15 is 0 Å². The summed E-state index contributed by atoms with van der Waals surface area (Å²) in [5, 5.41) is 0. The summed E-state index contributed by atoms with van der Waals surface area (Å²) in [6, 6.07) is 0. The van der Waals surface area contributed by atoms with Crippen LogP contribution in [0.3, 0.4) is 0 Å². The van der Waals surface area contributed by atoms with E-state index in [2.05, 4.69) is 6.58 Å². The number of carbonyl (C=O) groups excluding carboxylic acids is 1. The molecule has 0 saturated carbocycles. The number of allylic oxidation sites excluding steroid dienone is 1. The van der Waals surface area contributed by atoms with E-state index in [1.807, 2.05) is 38.7 Å². The van der Waals surface area contributed by atoms with Crippen molar-refractivity contribution in [3.05, 3.63) is 23.8 Å². The van der Waals surface area contributed by atoms with Gasteiger partial charge in [-0.1, -0.05) is 19.6 Å². The molecule has 0 spiro atoms. The van der Waals surface area contributed by atoms with Crippen molar-refractivity contribution in [1.82, 2.24) is 4.90 Å². The van der Waals surface area contributed by atoms with E-state index in [0.29, 0.717) is 6.54 Å². The summed E-state index contributed by atoms with van der Waals surface area (Å²) in [4.78, 5) is 13.8. The molecule has 0 aromatic carbocycles. The number of hydrogen-bond donors (Lipinski definition) is 0. The number of rotatable bonds is 1. The molecule has 0 aromatic rings. The van der Waals surface area contributed by atoms with Crippen LogP contribution in [0.5, 0.6) is 0 Å². The van der Waals surface area contributed by atoms with Crippen LogP contribution in [-0.2, 0) is 4.79 Å². The van der Waals surface area contributed by atoms with Crippen molar-refractivity contribution in [2.45, 2.75) is 39.7 Å². The van der Waals surface area contributed by atoms with Crippen molar-refractivity contribution in [2.75, 3.05) is 6.54 Å². The maximum atomic E-state index is 11.9. The highest BCUT2D eigenvalue weighted by Gasteiger charge is 2.35. The van der Waals surface area contributed by atoms with E-state index in [-0.39, 0.29) is 11.4 Å². The van der Waals surface area contributed by atoms with Crippen LogP contribution in [0.2, 0.25) is 0 Å². The van der Waals surface area contributed by atoms with Gasteiger partial charge in [-0.05, 0) is 32.8 Å². The van der Waals surface area contributed by atoms with Crippen LogP contribution in [0.25, 0.3) is 0 Å². The molecule has 1 aliphatic heterocycles. The minimum Gasteiger partial charge on any atom is -0.329 e. The third kappa shape index (κ3) is 1.89. The fourth-order valence-electron chi connectivity index (χ4n) is 1.62. The van der Waals surface area contributed by atoms with E-state index in [0.717, 1.165) is 17.6 Å². The molecular formula is C12H19NO. The predicted octanol–water partition coefficient (Wildman–Crippen LogP) is 2.52. The van der Waals surface area contributed by atoms with Crippen molar-refractivity contribution >= 4 is 5.91 Å². The first-order valence-electron chi connectivity index (χ1n) is 5.08. The van der Waals surface area contributed by atoms with E-state index in [1.165, 1.54) is 0 Å². The summed E-state index contributed by atoms with van der Waals surface area (Å²) in [6.45, 7) is 12.8. The molecule has 2 heteroatoms. The van der Waals surface area contributed by atoms with E-state index in [4.69, 9.17) is 0 Å². The second-order valence-electron chi connectivity index (χ2n) is 4.69. The van der Waals surface area contributed by atoms with E-state index in [9.17, 15) is 4.79 Å². The summed E-state index contributed by atoms with van der Waals surface area (Å²) >= 11 is 0. The number of nitrogens with zero attached hydrogens (tertiary/aromatic N) is 1. The van der Waals surface area contributed by atoms with Crippen molar-refractivity contribution in [3.8, 4) is 0 Å². The van der Waals surface area contributed by atoms with Crippen LogP contribution < -0.4 is 0 Å². The van der Waals surface area contributed by atoms with Gasteiger partial charge in [-0.25, -0.2) is 0 Å². The van der Waals surface area contributed by atoms with Gasteiger partial charge in [0.2, 0.25) is 0 Å². The van der Waals surface area contributed by atoms with Gasteiger partial charge in [0.25, 0.3) is 5.91 Å². The van der Waals surface area contributed by atoms with Crippen LogP contribution in [0.1, 0.15) is 34.1 Å². The molecule has 0 radical (unpaired) electrons. The third-order valence-electron chi connectivity index (χ3n) is 2.42. The van der Waals surface area contributed by atoms with Gasteiger partial charge < -0.3 is 4.90 Å². The average Bonchev–Trinajstić information content (AvgIpc) is 2.31. The fourth-order valence-corrected chi connectivity index (χ4v) is 1.62. The Balaban J connectivity index is 2.96. The summed E-state index contributed by atoms with van der Waals surface area (Å²) in [5.41, 5.74) is 1.65. The second-order valence-corrected chi connectivity index (χ2v) is 4.69. The van der Waals surface area contributed by atoms with Crippen LogP contribution in [0.15, 0.2) is 23.8 Å². The Labute approximate surface area is 86.3 Å². The molecule has 1 saturated heterocycles. The molecule has 2 nitrogen and oxygen atoms in total. The van der Waals surface area contributed by atoms with Gasteiger partial charge in [0.15, 0.2) is 0 Å². The Morgan fingerprint density at radius 1 is 1.50 bits per heavy atom. The maximum absolute atomic E-state index is 11.9. The number of carbonyl (C=O) groups is 1. The highest BCUT2D eigenvalue weighted by atomic mass is 16.2. The third-order valence-corrected chi connectivity index (χ3v) is 2.42. The predicted molar refractivity (Wildman–Crippen MR) is 59.0 cm³/mol.